The van der Waals surface area contributed by atoms with Crippen molar-refractivity contribution in [2.45, 2.75) is 46.1 Å². The average molecular weight is 462 g/mol. The van der Waals surface area contributed by atoms with E-state index in [1.807, 2.05) is 23.6 Å². The number of benzene rings is 2. The molecule has 0 bridgehead atoms. The molecular formula is C27H31N3O2S. The van der Waals surface area contributed by atoms with Crippen LogP contribution in [0.1, 0.15) is 45.9 Å². The smallest absolute Gasteiger partial charge is 0.261 e. The van der Waals surface area contributed by atoms with Crippen LogP contribution < -0.4 is 10.1 Å². The third-order valence-electron chi connectivity index (χ3n) is 5.71. The van der Waals surface area contributed by atoms with Crippen molar-refractivity contribution in [2.75, 3.05) is 13.2 Å². The number of ether oxygens (including phenoxy) is 1. The molecule has 0 aliphatic carbocycles. The van der Waals surface area contributed by atoms with E-state index in [9.17, 15) is 4.79 Å². The lowest BCUT2D eigenvalue weighted by molar-refractivity contribution is 0.0957. The fourth-order valence-corrected chi connectivity index (χ4v) is 4.66. The van der Waals surface area contributed by atoms with Crippen molar-refractivity contribution in [3.8, 4) is 5.75 Å². The number of nitrogens with one attached hydrogen (secondary N) is 1. The number of imidazole rings is 1. The summed E-state index contributed by atoms with van der Waals surface area (Å²) in [5.41, 5.74) is 4.64. The molecule has 2 heterocycles. The fraction of sp³-hybridized carbons (Fsp3) is 0.333. The van der Waals surface area contributed by atoms with Crippen LogP contribution in [0.15, 0.2) is 60.0 Å². The van der Waals surface area contributed by atoms with Gasteiger partial charge in [-0.2, -0.15) is 0 Å². The van der Waals surface area contributed by atoms with Gasteiger partial charge in [0.15, 0.2) is 0 Å². The number of carbonyl (C=O) groups is 1. The minimum Gasteiger partial charge on any atom is -0.493 e. The number of carbonyl (C=O) groups excluding carboxylic acids is 1. The number of hydrogen-bond acceptors (Lipinski definition) is 4. The summed E-state index contributed by atoms with van der Waals surface area (Å²) in [5, 5.41) is 4.93. The molecule has 6 heteroatoms. The normalized spacial score (nSPS) is 11.1. The number of rotatable bonds is 11. The van der Waals surface area contributed by atoms with Crippen molar-refractivity contribution in [3.05, 3.63) is 81.8 Å². The number of amides is 1. The Morgan fingerprint density at radius 3 is 2.76 bits per heavy atom. The van der Waals surface area contributed by atoms with Crippen LogP contribution in [0.25, 0.3) is 11.0 Å². The third-order valence-corrected chi connectivity index (χ3v) is 6.57. The number of unbranched alkanes of at least 4 members (excludes halogenated alkanes) is 1. The molecule has 33 heavy (non-hydrogen) atoms. The number of para-hydroxylation sites is 2. The van der Waals surface area contributed by atoms with Crippen molar-refractivity contribution in [2.24, 2.45) is 0 Å². The Bertz CT molecular complexity index is 1200. The summed E-state index contributed by atoms with van der Waals surface area (Å²) >= 11 is 1.46. The fourth-order valence-electron chi connectivity index (χ4n) is 4.02. The summed E-state index contributed by atoms with van der Waals surface area (Å²) in [4.78, 5) is 17.8. The zero-order valence-electron chi connectivity index (χ0n) is 19.3. The predicted molar refractivity (Wildman–Crippen MR) is 135 cm³/mol. The maximum absolute atomic E-state index is 12.1. The molecule has 0 radical (unpaired) electrons. The molecule has 2 aromatic carbocycles. The Kier molecular flexibility index (Phi) is 7.79. The highest BCUT2D eigenvalue weighted by Gasteiger charge is 2.11. The third kappa shape index (κ3) is 6.02. The number of fused-ring (bicyclic) bond motifs is 1. The number of hydrogen-bond donors (Lipinski definition) is 1. The van der Waals surface area contributed by atoms with Crippen molar-refractivity contribution < 1.29 is 9.53 Å². The standard InChI is InChI=1S/C27H31N3O2S/c1-20-13-14-24(21(2)19-20)32-17-6-5-16-30-23-10-4-3-9-22(23)29-26(30)12-7-15-28-27(31)25-11-8-18-33-25/h3-4,8-11,13-14,18-19H,5-7,12,15-17H2,1-2H3,(H,28,31). The maximum Gasteiger partial charge on any atom is 0.261 e. The topological polar surface area (TPSA) is 56.1 Å². The summed E-state index contributed by atoms with van der Waals surface area (Å²) in [5.74, 6) is 2.05. The number of thiophene rings is 1. The van der Waals surface area contributed by atoms with E-state index in [0.717, 1.165) is 54.2 Å². The summed E-state index contributed by atoms with van der Waals surface area (Å²) < 4.78 is 8.32. The van der Waals surface area contributed by atoms with Crippen LogP contribution in [-0.2, 0) is 13.0 Å². The van der Waals surface area contributed by atoms with Gasteiger partial charge < -0.3 is 14.6 Å². The highest BCUT2D eigenvalue weighted by atomic mass is 32.1. The Morgan fingerprint density at radius 2 is 1.94 bits per heavy atom. The minimum absolute atomic E-state index is 0.00214. The van der Waals surface area contributed by atoms with Crippen molar-refractivity contribution in [1.82, 2.24) is 14.9 Å². The van der Waals surface area contributed by atoms with Gasteiger partial charge in [0.2, 0.25) is 0 Å². The van der Waals surface area contributed by atoms with E-state index in [2.05, 4.69) is 60.1 Å². The summed E-state index contributed by atoms with van der Waals surface area (Å²) in [7, 11) is 0. The van der Waals surface area contributed by atoms with Crippen molar-refractivity contribution >= 4 is 28.3 Å². The van der Waals surface area contributed by atoms with Gasteiger partial charge in [-0.1, -0.05) is 35.9 Å². The lowest BCUT2D eigenvalue weighted by atomic mass is 10.1. The second-order valence-electron chi connectivity index (χ2n) is 8.33. The summed E-state index contributed by atoms with van der Waals surface area (Å²) in [6.45, 7) is 6.45. The Morgan fingerprint density at radius 1 is 1.06 bits per heavy atom. The van der Waals surface area contributed by atoms with Gasteiger partial charge in [-0.3, -0.25) is 4.79 Å². The van der Waals surface area contributed by atoms with Crippen molar-refractivity contribution in [1.29, 1.82) is 0 Å². The SMILES string of the molecule is Cc1ccc(OCCCCn2c(CCCNC(=O)c3cccs3)nc3ccccc32)c(C)c1. The molecule has 0 aliphatic rings. The van der Waals surface area contributed by atoms with E-state index in [-0.39, 0.29) is 5.91 Å². The second-order valence-corrected chi connectivity index (χ2v) is 9.28. The zero-order valence-corrected chi connectivity index (χ0v) is 20.2. The molecule has 0 saturated carbocycles. The van der Waals surface area contributed by atoms with Crippen LogP contribution in [0.2, 0.25) is 0 Å². The first-order valence-electron chi connectivity index (χ1n) is 11.6. The molecule has 0 aliphatic heterocycles. The minimum atomic E-state index is 0.00214. The van der Waals surface area contributed by atoms with Crippen LogP contribution in [-0.4, -0.2) is 28.6 Å². The van der Waals surface area contributed by atoms with Crippen molar-refractivity contribution in [3.63, 3.8) is 0 Å². The number of aromatic nitrogens is 2. The van der Waals surface area contributed by atoms with Crippen LogP contribution in [0.3, 0.4) is 0 Å². The summed E-state index contributed by atoms with van der Waals surface area (Å²) in [6, 6.07) is 18.4. The van der Waals surface area contributed by atoms with Gasteiger partial charge in [0, 0.05) is 19.5 Å². The largest absolute Gasteiger partial charge is 0.493 e. The lowest BCUT2D eigenvalue weighted by Gasteiger charge is -2.12. The zero-order chi connectivity index (χ0) is 23.0. The van der Waals surface area contributed by atoms with Crippen LogP contribution in [0.5, 0.6) is 5.75 Å². The van der Waals surface area contributed by atoms with Crippen LogP contribution >= 0.6 is 11.3 Å². The molecule has 2 aromatic heterocycles. The number of nitrogens with zero attached hydrogens (tertiary/aromatic N) is 2. The summed E-state index contributed by atoms with van der Waals surface area (Å²) in [6.07, 6.45) is 3.69. The lowest BCUT2D eigenvalue weighted by Crippen LogP contribution is -2.24. The second kappa shape index (κ2) is 11.1. The molecule has 4 rings (SSSR count). The van der Waals surface area contributed by atoms with E-state index in [1.165, 1.54) is 28.0 Å². The number of aryl methyl sites for hydroxylation is 4. The van der Waals surface area contributed by atoms with Gasteiger partial charge in [0.1, 0.15) is 11.6 Å². The van der Waals surface area contributed by atoms with Gasteiger partial charge in [0.25, 0.3) is 5.91 Å². The Balaban J connectivity index is 1.29. The van der Waals surface area contributed by atoms with E-state index in [4.69, 9.17) is 9.72 Å². The molecule has 4 aromatic rings. The highest BCUT2D eigenvalue weighted by Crippen LogP contribution is 2.20. The highest BCUT2D eigenvalue weighted by molar-refractivity contribution is 7.12. The average Bonchev–Trinajstić information content (AvgIpc) is 3.46. The van der Waals surface area contributed by atoms with Crippen LogP contribution in [0.4, 0.5) is 0 Å². The molecule has 0 fully saturated rings. The molecule has 0 unspecified atom stereocenters. The molecule has 172 valence electrons. The van der Waals surface area contributed by atoms with Gasteiger partial charge >= 0.3 is 0 Å². The molecule has 0 spiro atoms. The van der Waals surface area contributed by atoms with E-state index >= 15 is 0 Å². The van der Waals surface area contributed by atoms with Gasteiger partial charge in [-0.15, -0.1) is 11.3 Å². The van der Waals surface area contributed by atoms with Gasteiger partial charge in [0.05, 0.1) is 22.5 Å². The Hall–Kier alpha value is -3.12. The monoisotopic (exact) mass is 461 g/mol. The first-order chi connectivity index (χ1) is 16.1. The Labute approximate surface area is 199 Å². The first kappa shape index (κ1) is 23.1. The van der Waals surface area contributed by atoms with E-state index in [1.54, 1.807) is 0 Å². The molecule has 0 atom stereocenters. The van der Waals surface area contributed by atoms with E-state index in [0.29, 0.717) is 13.2 Å². The molecule has 0 saturated heterocycles. The molecular weight excluding hydrogens is 430 g/mol. The van der Waals surface area contributed by atoms with E-state index < -0.39 is 0 Å². The molecule has 5 nitrogen and oxygen atoms in total. The van der Waals surface area contributed by atoms with Gasteiger partial charge in [-0.25, -0.2) is 4.98 Å². The maximum atomic E-state index is 12.1. The molecule has 1 N–H and O–H groups in total. The first-order valence-corrected chi connectivity index (χ1v) is 12.5. The van der Waals surface area contributed by atoms with Crippen LogP contribution in [0, 0.1) is 13.8 Å². The molecule has 1 amide bonds. The quantitative estimate of drug-likeness (QED) is 0.281. The van der Waals surface area contributed by atoms with Gasteiger partial charge in [-0.05, 0) is 68.3 Å². The predicted octanol–water partition coefficient (Wildman–Crippen LogP) is 5.94.